The molecular weight excluding hydrogens is 280 g/mol. The van der Waals surface area contributed by atoms with E-state index in [1.54, 1.807) is 12.4 Å². The van der Waals surface area contributed by atoms with Crippen LogP contribution in [0.4, 0.5) is 5.95 Å². The first-order chi connectivity index (χ1) is 7.97. The number of hydrogen-bond donors (Lipinski definition) is 0. The molecule has 1 aliphatic heterocycles. The van der Waals surface area contributed by atoms with Crippen molar-refractivity contribution in [2.75, 3.05) is 31.1 Å². The summed E-state index contributed by atoms with van der Waals surface area (Å²) in [5, 5.41) is 0. The summed E-state index contributed by atoms with van der Waals surface area (Å²) in [7, 11) is 0. The first-order valence-corrected chi connectivity index (χ1v) is 6.74. The van der Waals surface area contributed by atoms with E-state index in [2.05, 4.69) is 56.5 Å². The molecule has 4 nitrogen and oxygen atoms in total. The van der Waals surface area contributed by atoms with Crippen molar-refractivity contribution >= 4 is 21.9 Å². The summed E-state index contributed by atoms with van der Waals surface area (Å²) in [6.07, 6.45) is 3.61. The van der Waals surface area contributed by atoms with Gasteiger partial charge >= 0.3 is 0 Å². The van der Waals surface area contributed by atoms with Gasteiger partial charge in [0.15, 0.2) is 0 Å². The molecule has 1 aromatic rings. The van der Waals surface area contributed by atoms with Gasteiger partial charge in [0, 0.05) is 44.1 Å². The van der Waals surface area contributed by atoms with E-state index in [1.165, 1.54) is 0 Å². The van der Waals surface area contributed by atoms with Crippen LogP contribution in [0.25, 0.3) is 0 Å². The predicted octanol–water partition coefficient (Wildman–Crippen LogP) is 2.16. The van der Waals surface area contributed by atoms with E-state index in [1.807, 2.05) is 0 Å². The minimum atomic E-state index is 0.257. The van der Waals surface area contributed by atoms with Gasteiger partial charge < -0.3 is 4.90 Å². The Bertz CT molecular complexity index is 363. The molecule has 1 fully saturated rings. The number of hydrogen-bond acceptors (Lipinski definition) is 4. The summed E-state index contributed by atoms with van der Waals surface area (Å²) in [5.41, 5.74) is 0.257. The Morgan fingerprint density at radius 3 is 2.06 bits per heavy atom. The van der Waals surface area contributed by atoms with E-state index < -0.39 is 0 Å². The van der Waals surface area contributed by atoms with Crippen LogP contribution in [0.1, 0.15) is 20.8 Å². The minimum absolute atomic E-state index is 0.257. The van der Waals surface area contributed by atoms with Gasteiger partial charge in [-0.15, -0.1) is 0 Å². The Kier molecular flexibility index (Phi) is 3.68. The third kappa shape index (κ3) is 3.16. The van der Waals surface area contributed by atoms with E-state index in [4.69, 9.17) is 0 Å². The monoisotopic (exact) mass is 298 g/mol. The second-order valence-corrected chi connectivity index (χ2v) is 6.26. The number of piperazine rings is 1. The Hall–Kier alpha value is -0.680. The quantitative estimate of drug-likeness (QED) is 0.795. The van der Waals surface area contributed by atoms with Crippen molar-refractivity contribution in [1.29, 1.82) is 0 Å². The van der Waals surface area contributed by atoms with Crippen molar-refractivity contribution in [2.45, 2.75) is 26.3 Å². The first kappa shape index (κ1) is 12.8. The zero-order valence-corrected chi connectivity index (χ0v) is 12.2. The van der Waals surface area contributed by atoms with Gasteiger partial charge in [0.05, 0.1) is 4.47 Å². The molecule has 0 aliphatic carbocycles. The third-order valence-corrected chi connectivity index (χ3v) is 3.53. The van der Waals surface area contributed by atoms with Crippen LogP contribution in [0.15, 0.2) is 16.9 Å². The van der Waals surface area contributed by atoms with Crippen molar-refractivity contribution in [3.8, 4) is 0 Å². The molecule has 0 radical (unpaired) electrons. The highest BCUT2D eigenvalue weighted by Crippen LogP contribution is 2.18. The zero-order valence-electron chi connectivity index (χ0n) is 10.6. The lowest BCUT2D eigenvalue weighted by atomic mass is 10.1. The number of rotatable bonds is 1. The van der Waals surface area contributed by atoms with Crippen LogP contribution < -0.4 is 4.90 Å². The van der Waals surface area contributed by atoms with Gasteiger partial charge in [-0.3, -0.25) is 4.90 Å². The molecule has 0 spiro atoms. The summed E-state index contributed by atoms with van der Waals surface area (Å²) in [6, 6.07) is 0. The Morgan fingerprint density at radius 1 is 1.06 bits per heavy atom. The average Bonchev–Trinajstić information content (AvgIpc) is 2.29. The van der Waals surface area contributed by atoms with Crippen LogP contribution in [-0.2, 0) is 0 Å². The number of anilines is 1. The molecule has 2 heterocycles. The predicted molar refractivity (Wildman–Crippen MR) is 73.3 cm³/mol. The van der Waals surface area contributed by atoms with E-state index in [0.717, 1.165) is 36.6 Å². The molecule has 0 aromatic carbocycles. The van der Waals surface area contributed by atoms with Crippen molar-refractivity contribution in [3.63, 3.8) is 0 Å². The molecule has 1 aromatic heterocycles. The zero-order chi connectivity index (χ0) is 12.5. The largest absolute Gasteiger partial charge is 0.338 e. The minimum Gasteiger partial charge on any atom is -0.338 e. The van der Waals surface area contributed by atoms with Gasteiger partial charge in [-0.1, -0.05) is 0 Å². The standard InChI is InChI=1S/C12H19BrN4/c1-12(2,3)17-6-4-16(5-7-17)11-14-8-10(13)9-15-11/h8-9H,4-7H2,1-3H3. The van der Waals surface area contributed by atoms with E-state index in [0.29, 0.717) is 0 Å². The molecule has 0 atom stereocenters. The molecule has 17 heavy (non-hydrogen) atoms. The van der Waals surface area contributed by atoms with E-state index >= 15 is 0 Å². The van der Waals surface area contributed by atoms with Crippen LogP contribution in [0.5, 0.6) is 0 Å². The molecule has 94 valence electrons. The highest BCUT2D eigenvalue weighted by molar-refractivity contribution is 9.10. The topological polar surface area (TPSA) is 32.3 Å². The average molecular weight is 299 g/mol. The SMILES string of the molecule is CC(C)(C)N1CCN(c2ncc(Br)cn2)CC1. The van der Waals surface area contributed by atoms with E-state index in [-0.39, 0.29) is 5.54 Å². The number of aromatic nitrogens is 2. The van der Waals surface area contributed by atoms with Gasteiger partial charge in [-0.25, -0.2) is 9.97 Å². The summed E-state index contributed by atoms with van der Waals surface area (Å²) < 4.78 is 0.926. The van der Waals surface area contributed by atoms with Crippen molar-refractivity contribution in [1.82, 2.24) is 14.9 Å². The fraction of sp³-hybridized carbons (Fsp3) is 0.667. The lowest BCUT2D eigenvalue weighted by molar-refractivity contribution is 0.128. The van der Waals surface area contributed by atoms with Crippen LogP contribution in [0.3, 0.4) is 0 Å². The summed E-state index contributed by atoms with van der Waals surface area (Å²) >= 11 is 3.35. The lowest BCUT2D eigenvalue weighted by Gasteiger charge is -2.42. The molecule has 0 N–H and O–H groups in total. The highest BCUT2D eigenvalue weighted by Gasteiger charge is 2.26. The third-order valence-electron chi connectivity index (χ3n) is 3.12. The molecule has 1 saturated heterocycles. The highest BCUT2D eigenvalue weighted by atomic mass is 79.9. The fourth-order valence-corrected chi connectivity index (χ4v) is 2.25. The Balaban J connectivity index is 1.97. The molecule has 2 rings (SSSR count). The molecule has 1 aliphatic rings. The molecule has 5 heteroatoms. The van der Waals surface area contributed by atoms with Crippen molar-refractivity contribution < 1.29 is 0 Å². The van der Waals surface area contributed by atoms with Gasteiger partial charge in [-0.2, -0.15) is 0 Å². The van der Waals surface area contributed by atoms with Crippen LogP contribution >= 0.6 is 15.9 Å². The normalized spacial score (nSPS) is 18.5. The second kappa shape index (κ2) is 4.90. The smallest absolute Gasteiger partial charge is 0.225 e. The molecule has 0 bridgehead atoms. The van der Waals surface area contributed by atoms with Crippen LogP contribution in [0, 0.1) is 0 Å². The Labute approximate surface area is 111 Å². The summed E-state index contributed by atoms with van der Waals surface area (Å²) in [5.74, 6) is 0.835. The second-order valence-electron chi connectivity index (χ2n) is 5.35. The van der Waals surface area contributed by atoms with Gasteiger partial charge in [0.2, 0.25) is 5.95 Å². The lowest BCUT2D eigenvalue weighted by Crippen LogP contribution is -2.53. The molecule has 0 amide bonds. The fourth-order valence-electron chi connectivity index (χ4n) is 2.05. The van der Waals surface area contributed by atoms with Gasteiger partial charge in [-0.05, 0) is 36.7 Å². The molecular formula is C12H19BrN4. The Morgan fingerprint density at radius 2 is 1.59 bits per heavy atom. The van der Waals surface area contributed by atoms with E-state index in [9.17, 15) is 0 Å². The van der Waals surface area contributed by atoms with Crippen LogP contribution in [0.2, 0.25) is 0 Å². The first-order valence-electron chi connectivity index (χ1n) is 5.94. The van der Waals surface area contributed by atoms with Crippen molar-refractivity contribution in [2.24, 2.45) is 0 Å². The molecule has 0 unspecified atom stereocenters. The summed E-state index contributed by atoms with van der Waals surface area (Å²) in [4.78, 5) is 13.4. The summed E-state index contributed by atoms with van der Waals surface area (Å²) in [6.45, 7) is 10.9. The van der Waals surface area contributed by atoms with Gasteiger partial charge in [0.25, 0.3) is 0 Å². The number of nitrogens with zero attached hydrogens (tertiary/aromatic N) is 4. The molecule has 0 saturated carbocycles. The van der Waals surface area contributed by atoms with Crippen LogP contribution in [-0.4, -0.2) is 46.6 Å². The number of halogens is 1. The maximum atomic E-state index is 4.34. The van der Waals surface area contributed by atoms with Gasteiger partial charge in [0.1, 0.15) is 0 Å². The maximum absolute atomic E-state index is 4.34. The maximum Gasteiger partial charge on any atom is 0.225 e. The van der Waals surface area contributed by atoms with Crippen molar-refractivity contribution in [3.05, 3.63) is 16.9 Å².